The number of alkyl halides is 2. The summed E-state index contributed by atoms with van der Waals surface area (Å²) in [5, 5.41) is 44.2. The summed E-state index contributed by atoms with van der Waals surface area (Å²) in [5.74, 6) is 1.97. The number of fused-ring (bicyclic) bond motifs is 8. The summed E-state index contributed by atoms with van der Waals surface area (Å²) in [7, 11) is 4.03. The van der Waals surface area contributed by atoms with Gasteiger partial charge in [0.1, 0.15) is 37.1 Å². The van der Waals surface area contributed by atoms with Crippen LogP contribution in [0.4, 0.5) is 0 Å². The van der Waals surface area contributed by atoms with Crippen LogP contribution in [-0.4, -0.2) is 53.4 Å². The van der Waals surface area contributed by atoms with Crippen molar-refractivity contribution in [3.8, 4) is 23.0 Å². The number of nitrogens with zero attached hydrogens (tertiary/aromatic N) is 8. The largest absolute Gasteiger partial charge is 1.00 e. The molecule has 0 fully saturated rings. The maximum Gasteiger partial charge on any atom is 0.169 e. The molecule has 0 spiro atoms. The number of aromatic nitrogens is 8. The molecule has 4 aromatic heterocycles. The van der Waals surface area contributed by atoms with Gasteiger partial charge in [-0.05, 0) is 113 Å². The highest BCUT2D eigenvalue weighted by Crippen LogP contribution is 2.43. The maximum atomic E-state index is 12.9. The van der Waals surface area contributed by atoms with Crippen LogP contribution in [0.25, 0.3) is 24.3 Å². The predicted molar refractivity (Wildman–Crippen MR) is 316 cm³/mol. The molecule has 0 aliphatic heterocycles. The van der Waals surface area contributed by atoms with Crippen LogP contribution in [-0.2, 0) is 74.4 Å². The number of rotatable bonds is 16. The van der Waals surface area contributed by atoms with Gasteiger partial charge in [0, 0.05) is 98.9 Å². The minimum atomic E-state index is -0.243. The summed E-state index contributed by atoms with van der Waals surface area (Å²) in [6.45, 7) is 15.4. The zero-order chi connectivity index (χ0) is 55.1. The number of phenolic OH excluding ortho intramolecular Hbond substituents is 2. The van der Waals surface area contributed by atoms with Crippen molar-refractivity contribution < 1.29 is 76.8 Å². The highest BCUT2D eigenvalue weighted by atomic mass is 127. The second kappa shape index (κ2) is 27.6. The molecule has 0 atom stereocenters. The van der Waals surface area contributed by atoms with Crippen molar-refractivity contribution in [3.63, 3.8) is 0 Å². The van der Waals surface area contributed by atoms with E-state index in [-0.39, 0.29) is 70.3 Å². The van der Waals surface area contributed by atoms with E-state index in [2.05, 4.69) is 191 Å². The first-order chi connectivity index (χ1) is 37.4. The Balaban J connectivity index is 0.00000462. The third kappa shape index (κ3) is 16.0. The van der Waals surface area contributed by atoms with Crippen molar-refractivity contribution in [2.45, 2.75) is 115 Å². The molecule has 420 valence electrons. The van der Waals surface area contributed by atoms with Gasteiger partial charge in [-0.3, -0.25) is 9.36 Å². The zero-order valence-electron chi connectivity index (χ0n) is 47.0. The van der Waals surface area contributed by atoms with Crippen LogP contribution in [0.1, 0.15) is 144 Å². The monoisotopic (exact) mass is 1430 g/mol. The molecular weight excluding hydrogens is 1360 g/mol. The summed E-state index contributed by atoms with van der Waals surface area (Å²) in [6.07, 6.45) is 23.5. The number of benzene rings is 4. The van der Waals surface area contributed by atoms with Crippen LogP contribution in [0.5, 0.6) is 23.0 Å². The molecule has 0 saturated heterocycles. The van der Waals surface area contributed by atoms with E-state index in [0.717, 1.165) is 101 Å². The number of pyridine rings is 2. The van der Waals surface area contributed by atoms with Crippen LogP contribution in [0, 0.1) is 0 Å². The van der Waals surface area contributed by atoms with Gasteiger partial charge < -0.3 is 67.6 Å². The van der Waals surface area contributed by atoms with E-state index in [9.17, 15) is 10.2 Å². The molecule has 80 heavy (non-hydrogen) atoms. The fourth-order valence-electron chi connectivity index (χ4n) is 9.85. The molecule has 0 unspecified atom stereocenters. The first-order valence-corrected chi connectivity index (χ1v) is 29.1. The average molecular weight is 1430 g/mol. The van der Waals surface area contributed by atoms with E-state index in [1.807, 2.05) is 69.8 Å². The Morgan fingerprint density at radius 2 is 0.812 bits per heavy atom. The molecule has 0 saturated carbocycles. The lowest BCUT2D eigenvalue weighted by atomic mass is 9.81. The number of aromatic hydroxyl groups is 2. The van der Waals surface area contributed by atoms with Crippen LogP contribution in [0.15, 0.2) is 110 Å². The Labute approximate surface area is 522 Å². The lowest BCUT2D eigenvalue weighted by Crippen LogP contribution is -3.00. The van der Waals surface area contributed by atoms with E-state index in [1.165, 1.54) is 0 Å². The summed E-state index contributed by atoms with van der Waals surface area (Å²) < 4.78 is 21.8. The highest BCUT2D eigenvalue weighted by molar-refractivity contribution is 9.08. The van der Waals surface area contributed by atoms with Gasteiger partial charge in [0.25, 0.3) is 0 Å². The van der Waals surface area contributed by atoms with Crippen molar-refractivity contribution in [1.82, 2.24) is 30.0 Å². The van der Waals surface area contributed by atoms with Gasteiger partial charge in [0.2, 0.25) is 0 Å². The van der Waals surface area contributed by atoms with E-state index >= 15 is 0 Å². The fraction of sp³-hybridized carbons (Fsp3) is 0.344. The minimum absolute atomic E-state index is 0. The molecular formula is C64H72Br2I2N8O4. The van der Waals surface area contributed by atoms with E-state index in [0.29, 0.717) is 75.5 Å². The third-order valence-corrected chi connectivity index (χ3v) is 15.4. The van der Waals surface area contributed by atoms with Gasteiger partial charge in [-0.1, -0.05) is 132 Å². The molecule has 4 aromatic carbocycles. The number of hydrogen-bond acceptors (Lipinski definition) is 8. The smallest absolute Gasteiger partial charge is 0.169 e. The Morgan fingerprint density at radius 1 is 0.500 bits per heavy atom. The van der Waals surface area contributed by atoms with Crippen molar-refractivity contribution in [2.75, 3.05) is 13.2 Å². The normalized spacial score (nSPS) is 12.6. The Kier molecular flexibility index (Phi) is 21.4. The molecule has 12 nitrogen and oxygen atoms in total. The van der Waals surface area contributed by atoms with Crippen molar-refractivity contribution in [2.24, 2.45) is 14.1 Å². The minimum Gasteiger partial charge on any atom is -1.00 e. The average Bonchev–Trinajstić information content (AvgIpc) is 4.09. The lowest BCUT2D eigenvalue weighted by Gasteiger charge is -2.26. The molecule has 16 heteroatoms. The molecule has 2 N–H and O–H groups in total. The van der Waals surface area contributed by atoms with E-state index in [1.54, 1.807) is 0 Å². The number of aryl methyl sites for hydroxylation is 4. The molecule has 1 aliphatic rings. The number of ether oxygens (including phenoxy) is 2. The highest BCUT2D eigenvalue weighted by Gasteiger charge is 2.27. The van der Waals surface area contributed by atoms with Crippen molar-refractivity contribution >= 4 is 56.2 Å². The maximum absolute atomic E-state index is 12.9. The summed E-state index contributed by atoms with van der Waals surface area (Å²) >= 11 is 7.00. The van der Waals surface area contributed by atoms with Gasteiger partial charge in [-0.15, -0.1) is 10.2 Å². The Hall–Kier alpha value is -5.44. The van der Waals surface area contributed by atoms with Gasteiger partial charge in [-0.2, -0.15) is 0 Å². The molecule has 1 aliphatic carbocycles. The molecule has 8 aromatic rings. The van der Waals surface area contributed by atoms with Gasteiger partial charge in [-0.25, -0.2) is 9.13 Å². The van der Waals surface area contributed by atoms with Crippen molar-refractivity contribution in [3.05, 3.63) is 199 Å². The van der Waals surface area contributed by atoms with Crippen molar-refractivity contribution in [1.29, 1.82) is 0 Å². The molecule has 4 heterocycles. The number of phenols is 2. The SMILES string of the molecule is C[n+]1ccc(/C=C/c2cc3c(O)c(c2)Cc2cc(C(C)(C)C)cc(c2OCCCn2cc(CBr)nn2)Cc2cc(/C=C/c4cc[n+](C)cc4)cc(c2O)Cc2cc(C(C)(C)C)cc(c2OCCCn2cc(CBr)nn2)C3)cc1.[I-].[I-]. The summed E-state index contributed by atoms with van der Waals surface area (Å²) in [6, 6.07) is 25.8. The Bertz CT molecular complexity index is 3150. The fourth-order valence-corrected chi connectivity index (χ4v) is 10.4. The second-order valence-electron chi connectivity index (χ2n) is 22.7. The lowest BCUT2D eigenvalue weighted by molar-refractivity contribution is -0.671. The van der Waals surface area contributed by atoms with Gasteiger partial charge >= 0.3 is 0 Å². The second-order valence-corrected chi connectivity index (χ2v) is 23.8. The Morgan fingerprint density at radius 3 is 1.10 bits per heavy atom. The first-order valence-electron chi connectivity index (χ1n) is 26.8. The standard InChI is InChI=1S/C64H70Br2N8O4.2HI/c1-63(2,3)55-35-51-31-47-27-45(13-11-43-15-21-71(7)22-16-43)29-49(59(47)75)33-53-37-56(64(4,5)6)38-54(62(53)78-26-10-20-74-42-58(40-66)68-70-74)34-50-30-46(14-12-44-17-23-72(8)24-18-44)28-48(60(50)76)32-52(36-55)61(51)77-25-9-19-73-41-57(39-65)67-69-73;;/h11-18,21-24,27-30,35-38,41-42H,9-10,19-20,25-26,31-34,39-40H2,1-8H3;2*1H. The van der Waals surface area contributed by atoms with E-state index < -0.39 is 0 Å². The van der Waals surface area contributed by atoms with Crippen LogP contribution in [0.2, 0.25) is 0 Å². The first kappa shape index (κ1) is 62.2. The van der Waals surface area contributed by atoms with Crippen LogP contribution in [0.3, 0.4) is 0 Å². The van der Waals surface area contributed by atoms with Crippen LogP contribution < -0.4 is 66.6 Å². The molecule has 0 radical (unpaired) electrons. The molecule has 9 rings (SSSR count). The van der Waals surface area contributed by atoms with Gasteiger partial charge in [0.15, 0.2) is 24.8 Å². The summed E-state index contributed by atoms with van der Waals surface area (Å²) in [4.78, 5) is 0. The van der Waals surface area contributed by atoms with E-state index in [4.69, 9.17) is 9.47 Å². The number of halogens is 4. The molecule has 0 amide bonds. The summed E-state index contributed by atoms with van der Waals surface area (Å²) in [5.41, 5.74) is 14.5. The van der Waals surface area contributed by atoms with Gasteiger partial charge in [0.05, 0.1) is 24.6 Å². The predicted octanol–water partition coefficient (Wildman–Crippen LogP) is 6.28. The van der Waals surface area contributed by atoms with Crippen LogP contribution >= 0.6 is 31.9 Å². The number of hydrogen-bond donors (Lipinski definition) is 2. The third-order valence-electron chi connectivity index (χ3n) is 14.3. The topological polar surface area (TPSA) is 128 Å². The quantitative estimate of drug-likeness (QED) is 0.0502. The zero-order valence-corrected chi connectivity index (χ0v) is 54.5. The molecule has 8 bridgehead atoms.